The summed E-state index contributed by atoms with van der Waals surface area (Å²) >= 11 is 0. The molecule has 2 nitrogen and oxygen atoms in total. The van der Waals surface area contributed by atoms with E-state index < -0.39 is 0 Å². The molecule has 0 fully saturated rings. The zero-order chi connectivity index (χ0) is 7.40. The molecule has 11 heavy (non-hydrogen) atoms. The van der Waals surface area contributed by atoms with Crippen LogP contribution >= 0.6 is 0 Å². The summed E-state index contributed by atoms with van der Waals surface area (Å²) in [5.74, 6) is -0.243. The van der Waals surface area contributed by atoms with E-state index in [0.717, 1.165) is 0 Å². The molecule has 1 rings (SSSR count). The van der Waals surface area contributed by atoms with Crippen molar-refractivity contribution in [3.63, 3.8) is 0 Å². The molecule has 0 aromatic carbocycles. The number of allylic oxidation sites excluding steroid dienone is 5. The molecule has 0 saturated heterocycles. The molecule has 0 saturated carbocycles. The minimum Gasteiger partial charge on any atom is -0.613 e. The second-order valence-electron chi connectivity index (χ2n) is 1.89. The molecule has 0 heterocycles. The van der Waals surface area contributed by atoms with Crippen LogP contribution in [0.2, 0.25) is 0 Å². The molecule has 0 radical (unpaired) electrons. The molecular weight excluding hydrogens is 151 g/mol. The molecular formula is C8H9NaO2. The summed E-state index contributed by atoms with van der Waals surface area (Å²) in [6.45, 7) is 2.23. The van der Waals surface area contributed by atoms with Crippen molar-refractivity contribution in [3.8, 4) is 0 Å². The van der Waals surface area contributed by atoms with Crippen molar-refractivity contribution < 1.29 is 39.4 Å². The third-order valence-corrected chi connectivity index (χ3v) is 1.17. The van der Waals surface area contributed by atoms with Gasteiger partial charge in [0.15, 0.2) is 0 Å². The second-order valence-corrected chi connectivity index (χ2v) is 1.89. The molecule has 0 aromatic heterocycles. The Morgan fingerprint density at radius 1 is 1.45 bits per heavy atom. The van der Waals surface area contributed by atoms with Gasteiger partial charge in [-0.1, -0.05) is 31.2 Å². The maximum Gasteiger partial charge on any atom is 1.00 e. The Hall–Kier alpha value is -0.180. The molecule has 0 spiro atoms. The molecule has 54 valence electrons. The van der Waals surface area contributed by atoms with Gasteiger partial charge in [0.05, 0.1) is 5.95 Å². The Morgan fingerprint density at radius 2 is 2.00 bits per heavy atom. The van der Waals surface area contributed by atoms with E-state index in [-0.39, 0.29) is 35.5 Å². The van der Waals surface area contributed by atoms with Crippen molar-refractivity contribution in [3.05, 3.63) is 35.8 Å². The minimum atomic E-state index is -0.243. The Balaban J connectivity index is 0.000001000. The summed E-state index contributed by atoms with van der Waals surface area (Å²) in [6.07, 6.45) is 7.09. The van der Waals surface area contributed by atoms with E-state index in [1.54, 1.807) is 19.1 Å². The van der Waals surface area contributed by atoms with Crippen molar-refractivity contribution in [1.29, 1.82) is 0 Å². The number of hydrogen-bond acceptors (Lipinski definition) is 2. The van der Waals surface area contributed by atoms with Crippen LogP contribution in [0.1, 0.15) is 6.92 Å². The predicted molar refractivity (Wildman–Crippen MR) is 36.9 cm³/mol. The summed E-state index contributed by atoms with van der Waals surface area (Å²) in [6, 6.07) is 0. The fraction of sp³-hybridized carbons (Fsp3) is 0.250. The van der Waals surface area contributed by atoms with Gasteiger partial charge in [-0.05, 0) is 12.2 Å². The fourth-order valence-electron chi connectivity index (χ4n) is 0.725. The molecule has 0 aliphatic heterocycles. The summed E-state index contributed by atoms with van der Waals surface area (Å²) < 4.78 is 4.75. The van der Waals surface area contributed by atoms with E-state index in [1.165, 1.54) is 0 Å². The van der Waals surface area contributed by atoms with Gasteiger partial charge in [0.25, 0.3) is 0 Å². The van der Waals surface area contributed by atoms with Gasteiger partial charge in [0.1, 0.15) is 0 Å². The van der Waals surface area contributed by atoms with E-state index in [1.807, 2.05) is 12.2 Å². The standard InChI is InChI=1S/C8H10O2.Na/c1-2-10-8(9)7-5-3-4-6-7;/h3-6,9H,2H2,1H3;/q;+1/p-1. The van der Waals surface area contributed by atoms with Crippen LogP contribution < -0.4 is 34.7 Å². The van der Waals surface area contributed by atoms with Crippen molar-refractivity contribution in [2.45, 2.75) is 6.92 Å². The van der Waals surface area contributed by atoms with E-state index in [9.17, 15) is 5.11 Å². The average molecular weight is 160 g/mol. The largest absolute Gasteiger partial charge is 1.00 e. The van der Waals surface area contributed by atoms with Crippen LogP contribution in [-0.4, -0.2) is 6.61 Å². The molecule has 0 aromatic rings. The Bertz CT molecular complexity index is 190. The van der Waals surface area contributed by atoms with Gasteiger partial charge in [0.2, 0.25) is 0 Å². The first-order valence-electron chi connectivity index (χ1n) is 3.23. The maximum atomic E-state index is 10.9. The quantitative estimate of drug-likeness (QED) is 0.337. The molecule has 1 aliphatic carbocycles. The van der Waals surface area contributed by atoms with Gasteiger partial charge in [-0.25, -0.2) is 0 Å². The Kier molecular flexibility index (Phi) is 5.38. The average Bonchev–Trinajstić information content (AvgIpc) is 2.38. The van der Waals surface area contributed by atoms with Crippen molar-refractivity contribution >= 4 is 0 Å². The SMILES string of the molecule is CCOC([O-])=C1C=CC=C1.[Na+]. The number of ether oxygens (including phenoxy) is 1. The normalized spacial score (nSPS) is 13.0. The topological polar surface area (TPSA) is 32.3 Å². The number of rotatable bonds is 2. The zero-order valence-electron chi connectivity index (χ0n) is 6.83. The molecule has 0 atom stereocenters. The van der Waals surface area contributed by atoms with Gasteiger partial charge >= 0.3 is 29.6 Å². The molecule has 0 bridgehead atoms. The van der Waals surface area contributed by atoms with Crippen LogP contribution in [0.15, 0.2) is 35.8 Å². The molecule has 3 heteroatoms. The zero-order valence-corrected chi connectivity index (χ0v) is 8.83. The van der Waals surface area contributed by atoms with Crippen molar-refractivity contribution in [1.82, 2.24) is 0 Å². The van der Waals surface area contributed by atoms with Gasteiger partial charge in [-0.15, -0.1) is 0 Å². The third kappa shape index (κ3) is 3.14. The van der Waals surface area contributed by atoms with Crippen LogP contribution in [0, 0.1) is 0 Å². The molecule has 0 amide bonds. The van der Waals surface area contributed by atoms with Crippen molar-refractivity contribution in [2.24, 2.45) is 0 Å². The van der Waals surface area contributed by atoms with E-state index in [2.05, 4.69) is 0 Å². The summed E-state index contributed by atoms with van der Waals surface area (Å²) in [5, 5.41) is 10.9. The monoisotopic (exact) mass is 160 g/mol. The maximum absolute atomic E-state index is 10.9. The van der Waals surface area contributed by atoms with Crippen LogP contribution in [-0.2, 0) is 4.74 Å². The predicted octanol–water partition coefficient (Wildman–Crippen LogP) is -2.28. The molecule has 0 unspecified atom stereocenters. The summed E-state index contributed by atoms with van der Waals surface area (Å²) in [7, 11) is 0. The fourth-order valence-corrected chi connectivity index (χ4v) is 0.725. The van der Waals surface area contributed by atoms with Gasteiger partial charge in [-0.2, -0.15) is 0 Å². The summed E-state index contributed by atoms with van der Waals surface area (Å²) in [5.41, 5.74) is 0.627. The van der Waals surface area contributed by atoms with Crippen LogP contribution in [0.3, 0.4) is 0 Å². The van der Waals surface area contributed by atoms with Crippen molar-refractivity contribution in [2.75, 3.05) is 6.61 Å². The van der Waals surface area contributed by atoms with Gasteiger partial charge in [0, 0.05) is 0 Å². The molecule has 1 aliphatic rings. The first-order valence-corrected chi connectivity index (χ1v) is 3.23. The second kappa shape index (κ2) is 5.47. The van der Waals surface area contributed by atoms with E-state index in [4.69, 9.17) is 4.74 Å². The Labute approximate surface area is 88.5 Å². The smallest absolute Gasteiger partial charge is 0.613 e. The van der Waals surface area contributed by atoms with E-state index in [0.29, 0.717) is 12.2 Å². The Morgan fingerprint density at radius 3 is 2.45 bits per heavy atom. The van der Waals surface area contributed by atoms with Crippen LogP contribution in [0.4, 0.5) is 0 Å². The van der Waals surface area contributed by atoms with Crippen LogP contribution in [0.5, 0.6) is 0 Å². The van der Waals surface area contributed by atoms with Crippen LogP contribution in [0.25, 0.3) is 0 Å². The van der Waals surface area contributed by atoms with Gasteiger partial charge < -0.3 is 9.84 Å². The van der Waals surface area contributed by atoms with E-state index >= 15 is 0 Å². The minimum absolute atomic E-state index is 0. The third-order valence-electron chi connectivity index (χ3n) is 1.17. The molecule has 0 N–H and O–H groups in total. The first-order chi connectivity index (χ1) is 4.84. The number of hydrogen-bond donors (Lipinski definition) is 0. The first kappa shape index (κ1) is 10.8. The summed E-state index contributed by atoms with van der Waals surface area (Å²) in [4.78, 5) is 0. The van der Waals surface area contributed by atoms with Gasteiger partial charge in [-0.3, -0.25) is 0 Å².